The van der Waals surface area contributed by atoms with Crippen LogP contribution >= 0.6 is 15.9 Å². The van der Waals surface area contributed by atoms with Gasteiger partial charge in [-0.3, -0.25) is 4.79 Å². The zero-order chi connectivity index (χ0) is 11.1. The van der Waals surface area contributed by atoms with Gasteiger partial charge in [-0.2, -0.15) is 0 Å². The molecule has 0 saturated heterocycles. The molecule has 1 aromatic carbocycles. The van der Waals surface area contributed by atoms with Crippen molar-refractivity contribution in [3.63, 3.8) is 0 Å². The summed E-state index contributed by atoms with van der Waals surface area (Å²) < 4.78 is 0. The minimum absolute atomic E-state index is 0.251. The third-order valence-electron chi connectivity index (χ3n) is 2.07. The van der Waals surface area contributed by atoms with Crippen LogP contribution in [0.25, 0.3) is 0 Å². The van der Waals surface area contributed by atoms with Crippen molar-refractivity contribution < 1.29 is 4.79 Å². The first kappa shape index (κ1) is 11.8. The smallest absolute Gasteiger partial charge is 0.217 e. The monoisotopic (exact) mass is 265 g/mol. The molecule has 0 spiro atoms. The van der Waals surface area contributed by atoms with Crippen molar-refractivity contribution in [2.24, 2.45) is 5.73 Å². The van der Waals surface area contributed by atoms with Crippen molar-refractivity contribution in [2.45, 2.75) is 19.3 Å². The van der Waals surface area contributed by atoms with Gasteiger partial charge in [-0.25, -0.2) is 0 Å². The number of halogens is 1. The molecule has 15 heavy (non-hydrogen) atoms. The van der Waals surface area contributed by atoms with Crippen molar-refractivity contribution in [3.05, 3.63) is 35.4 Å². The van der Waals surface area contributed by atoms with Crippen molar-refractivity contribution in [1.29, 1.82) is 0 Å². The van der Waals surface area contributed by atoms with E-state index in [9.17, 15) is 4.79 Å². The SMILES string of the molecule is NC(=O)CCCc1ccccc1C#CBr. The second-order valence-corrected chi connectivity index (χ2v) is 3.59. The lowest BCUT2D eigenvalue weighted by Gasteiger charge is -2.02. The van der Waals surface area contributed by atoms with E-state index in [0.717, 1.165) is 24.0 Å². The molecule has 0 aliphatic carbocycles. The van der Waals surface area contributed by atoms with Crippen LogP contribution in [0.2, 0.25) is 0 Å². The van der Waals surface area contributed by atoms with Crippen LogP contribution in [0, 0.1) is 10.8 Å². The molecule has 0 radical (unpaired) electrons. The number of primary amides is 1. The van der Waals surface area contributed by atoms with Crippen LogP contribution in [0.5, 0.6) is 0 Å². The van der Waals surface area contributed by atoms with Crippen LogP contribution in [-0.4, -0.2) is 5.91 Å². The quantitative estimate of drug-likeness (QED) is 0.834. The topological polar surface area (TPSA) is 43.1 Å². The predicted molar refractivity (Wildman–Crippen MR) is 64.4 cm³/mol. The molecule has 78 valence electrons. The fourth-order valence-electron chi connectivity index (χ4n) is 1.36. The Balaban J connectivity index is 2.66. The van der Waals surface area contributed by atoms with E-state index >= 15 is 0 Å². The van der Waals surface area contributed by atoms with E-state index in [1.54, 1.807) is 0 Å². The van der Waals surface area contributed by atoms with E-state index < -0.39 is 0 Å². The molecule has 2 N–H and O–H groups in total. The van der Waals surface area contributed by atoms with E-state index in [2.05, 4.69) is 26.7 Å². The molecule has 0 saturated carbocycles. The zero-order valence-electron chi connectivity index (χ0n) is 8.29. The predicted octanol–water partition coefficient (Wildman–Crippen LogP) is 2.20. The van der Waals surface area contributed by atoms with Crippen LogP contribution in [-0.2, 0) is 11.2 Å². The Labute approximate surface area is 98.0 Å². The van der Waals surface area contributed by atoms with Crippen LogP contribution in [0.15, 0.2) is 24.3 Å². The summed E-state index contributed by atoms with van der Waals surface area (Å²) in [7, 11) is 0. The zero-order valence-corrected chi connectivity index (χ0v) is 9.88. The average Bonchev–Trinajstić information content (AvgIpc) is 2.20. The van der Waals surface area contributed by atoms with Gasteiger partial charge in [-0.15, -0.1) is 0 Å². The van der Waals surface area contributed by atoms with Gasteiger partial charge in [0.15, 0.2) is 0 Å². The molecule has 1 rings (SSSR count). The molecule has 0 fully saturated rings. The maximum atomic E-state index is 10.6. The van der Waals surface area contributed by atoms with Gasteiger partial charge in [0.25, 0.3) is 0 Å². The van der Waals surface area contributed by atoms with Crippen LogP contribution in [0.1, 0.15) is 24.0 Å². The molecular formula is C12H12BrNO. The van der Waals surface area contributed by atoms with Crippen molar-refractivity contribution >= 4 is 21.8 Å². The minimum Gasteiger partial charge on any atom is -0.370 e. The Morgan fingerprint density at radius 1 is 1.40 bits per heavy atom. The molecule has 0 aromatic heterocycles. The van der Waals surface area contributed by atoms with Gasteiger partial charge < -0.3 is 5.73 Å². The van der Waals surface area contributed by atoms with Crippen molar-refractivity contribution in [3.8, 4) is 10.8 Å². The lowest BCUT2D eigenvalue weighted by atomic mass is 10.0. The molecular weight excluding hydrogens is 254 g/mol. The lowest BCUT2D eigenvalue weighted by molar-refractivity contribution is -0.118. The second kappa shape index (κ2) is 6.26. The fourth-order valence-corrected chi connectivity index (χ4v) is 1.58. The largest absolute Gasteiger partial charge is 0.370 e. The number of rotatable bonds is 4. The normalized spacial score (nSPS) is 9.13. The van der Waals surface area contributed by atoms with E-state index in [0.29, 0.717) is 6.42 Å². The van der Waals surface area contributed by atoms with E-state index in [4.69, 9.17) is 5.73 Å². The summed E-state index contributed by atoms with van der Waals surface area (Å²) in [6.07, 6.45) is 2.03. The molecule has 1 aromatic rings. The Bertz CT molecular complexity index is 404. The maximum absolute atomic E-state index is 10.6. The fraction of sp³-hybridized carbons (Fsp3) is 0.250. The lowest BCUT2D eigenvalue weighted by Crippen LogP contribution is -2.10. The molecule has 3 heteroatoms. The summed E-state index contributed by atoms with van der Waals surface area (Å²) in [6, 6.07) is 7.91. The number of nitrogens with two attached hydrogens (primary N) is 1. The highest BCUT2D eigenvalue weighted by Gasteiger charge is 2.00. The Hall–Kier alpha value is -1.27. The molecule has 0 atom stereocenters. The molecule has 2 nitrogen and oxygen atoms in total. The van der Waals surface area contributed by atoms with E-state index in [1.807, 2.05) is 24.3 Å². The number of amides is 1. The van der Waals surface area contributed by atoms with Crippen LogP contribution in [0.3, 0.4) is 0 Å². The highest BCUT2D eigenvalue weighted by molar-refractivity contribution is 9.12. The first-order valence-corrected chi connectivity index (χ1v) is 5.51. The first-order chi connectivity index (χ1) is 7.24. The van der Waals surface area contributed by atoms with Crippen molar-refractivity contribution in [1.82, 2.24) is 0 Å². The van der Waals surface area contributed by atoms with E-state index in [1.165, 1.54) is 0 Å². The van der Waals surface area contributed by atoms with Gasteiger partial charge in [0.1, 0.15) is 0 Å². The molecule has 0 aliphatic heterocycles. The maximum Gasteiger partial charge on any atom is 0.217 e. The summed E-state index contributed by atoms with van der Waals surface area (Å²) >= 11 is 3.08. The number of carbonyl (C=O) groups is 1. The summed E-state index contributed by atoms with van der Waals surface area (Å²) in [4.78, 5) is 13.3. The minimum atomic E-state index is -0.251. The molecule has 0 heterocycles. The number of aryl methyl sites for hydroxylation is 1. The van der Waals surface area contributed by atoms with Gasteiger partial charge in [-0.1, -0.05) is 24.1 Å². The van der Waals surface area contributed by atoms with Gasteiger partial charge in [0.2, 0.25) is 5.91 Å². The second-order valence-electron chi connectivity index (χ2n) is 3.20. The summed E-state index contributed by atoms with van der Waals surface area (Å²) in [5.41, 5.74) is 7.24. The Morgan fingerprint density at radius 2 is 2.13 bits per heavy atom. The standard InChI is InChI=1S/C12H12BrNO/c13-9-8-11-5-2-1-4-10(11)6-3-7-12(14)15/h1-2,4-5H,3,6-7H2,(H2,14,15). The van der Waals surface area contributed by atoms with E-state index in [-0.39, 0.29) is 5.91 Å². The summed E-state index contributed by atoms with van der Waals surface area (Å²) in [6.45, 7) is 0. The van der Waals surface area contributed by atoms with Gasteiger partial charge in [0, 0.05) is 27.9 Å². The highest BCUT2D eigenvalue weighted by atomic mass is 79.9. The Kier molecular flexibility index (Phi) is 4.92. The van der Waals surface area contributed by atoms with Gasteiger partial charge >= 0.3 is 0 Å². The summed E-state index contributed by atoms with van der Waals surface area (Å²) in [5, 5.41) is 0. The average molecular weight is 266 g/mol. The number of hydrogen-bond acceptors (Lipinski definition) is 1. The number of benzene rings is 1. The van der Waals surface area contributed by atoms with Crippen LogP contribution in [0.4, 0.5) is 0 Å². The molecule has 0 aliphatic rings. The Morgan fingerprint density at radius 3 is 2.80 bits per heavy atom. The summed E-state index contributed by atoms with van der Waals surface area (Å²) in [5.74, 6) is 2.71. The first-order valence-electron chi connectivity index (χ1n) is 4.72. The molecule has 0 bridgehead atoms. The molecule has 0 unspecified atom stereocenters. The molecule has 1 amide bonds. The van der Waals surface area contributed by atoms with Crippen molar-refractivity contribution in [2.75, 3.05) is 0 Å². The van der Waals surface area contributed by atoms with Crippen LogP contribution < -0.4 is 5.73 Å². The third kappa shape index (κ3) is 4.18. The highest BCUT2D eigenvalue weighted by Crippen LogP contribution is 2.11. The number of hydrogen-bond donors (Lipinski definition) is 1. The van der Waals surface area contributed by atoms with Gasteiger partial charge in [0.05, 0.1) is 0 Å². The number of carbonyl (C=O) groups excluding carboxylic acids is 1. The third-order valence-corrected chi connectivity index (χ3v) is 2.27. The van der Waals surface area contributed by atoms with Gasteiger partial charge in [-0.05, 0) is 29.3 Å².